The molecule has 132 valence electrons. The van der Waals surface area contributed by atoms with E-state index in [-0.39, 0.29) is 11.0 Å². The van der Waals surface area contributed by atoms with E-state index in [4.69, 9.17) is 4.74 Å². The Bertz CT molecular complexity index is 753. The number of ether oxygens (including phenoxy) is 1. The van der Waals surface area contributed by atoms with Crippen molar-refractivity contribution >= 4 is 5.91 Å². The van der Waals surface area contributed by atoms with Gasteiger partial charge in [0.1, 0.15) is 17.4 Å². The highest BCUT2D eigenvalue weighted by Gasteiger charge is 2.36. The number of carbonyl (C=O) groups excluding carboxylic acids is 1. The lowest BCUT2D eigenvalue weighted by Crippen LogP contribution is -2.39. The van der Waals surface area contributed by atoms with E-state index in [9.17, 15) is 13.6 Å². The molecular weight excluding hydrogens is 324 g/mol. The molecule has 0 bridgehead atoms. The number of amides is 1. The highest BCUT2D eigenvalue weighted by Crippen LogP contribution is 2.41. The fourth-order valence-corrected chi connectivity index (χ4v) is 3.58. The zero-order valence-corrected chi connectivity index (χ0v) is 14.1. The summed E-state index contributed by atoms with van der Waals surface area (Å²) in [4.78, 5) is 12.3. The van der Waals surface area contributed by atoms with Gasteiger partial charge in [-0.3, -0.25) is 4.79 Å². The summed E-state index contributed by atoms with van der Waals surface area (Å²) in [5, 5.41) is 2.84. The first-order valence-electron chi connectivity index (χ1n) is 8.42. The van der Waals surface area contributed by atoms with Crippen LogP contribution >= 0.6 is 0 Å². The van der Waals surface area contributed by atoms with Crippen molar-refractivity contribution in [2.75, 3.05) is 13.7 Å². The molecular formula is C20H21F2NO2. The molecule has 0 aromatic heterocycles. The number of hydrogen-bond acceptors (Lipinski definition) is 2. The molecule has 0 spiro atoms. The third-order valence-corrected chi connectivity index (χ3v) is 5.03. The molecule has 2 aromatic carbocycles. The first-order valence-corrected chi connectivity index (χ1v) is 8.42. The summed E-state index contributed by atoms with van der Waals surface area (Å²) in [7, 11) is 1.62. The average Bonchev–Trinajstić information content (AvgIpc) is 3.10. The fraction of sp³-hybridized carbons (Fsp3) is 0.350. The van der Waals surface area contributed by atoms with E-state index < -0.39 is 17.5 Å². The Morgan fingerprint density at radius 2 is 1.80 bits per heavy atom. The van der Waals surface area contributed by atoms with Gasteiger partial charge in [0, 0.05) is 18.0 Å². The molecule has 0 heterocycles. The van der Waals surface area contributed by atoms with Gasteiger partial charge in [-0.25, -0.2) is 8.78 Å². The molecule has 2 aromatic rings. The molecule has 1 saturated carbocycles. The van der Waals surface area contributed by atoms with Crippen LogP contribution in [0.25, 0.3) is 0 Å². The first kappa shape index (κ1) is 17.4. The zero-order valence-electron chi connectivity index (χ0n) is 14.1. The number of halogens is 2. The molecule has 3 nitrogen and oxygen atoms in total. The highest BCUT2D eigenvalue weighted by atomic mass is 19.1. The molecule has 1 amide bonds. The first-order chi connectivity index (χ1) is 12.0. The van der Waals surface area contributed by atoms with Gasteiger partial charge in [-0.1, -0.05) is 25.0 Å². The third-order valence-electron chi connectivity index (χ3n) is 5.03. The third kappa shape index (κ3) is 3.65. The predicted molar refractivity (Wildman–Crippen MR) is 91.8 cm³/mol. The van der Waals surface area contributed by atoms with Gasteiger partial charge in [-0.15, -0.1) is 0 Å². The Hall–Kier alpha value is -2.43. The Labute approximate surface area is 146 Å². The normalized spacial score (nSPS) is 15.8. The second-order valence-corrected chi connectivity index (χ2v) is 6.52. The van der Waals surface area contributed by atoms with Crippen LogP contribution in [0.2, 0.25) is 0 Å². The number of nitrogens with one attached hydrogen (secondary N) is 1. The van der Waals surface area contributed by atoms with Crippen molar-refractivity contribution in [1.29, 1.82) is 0 Å². The molecule has 0 unspecified atom stereocenters. The molecule has 0 atom stereocenters. The highest BCUT2D eigenvalue weighted by molar-refractivity contribution is 5.94. The summed E-state index contributed by atoms with van der Waals surface area (Å²) < 4.78 is 32.0. The van der Waals surface area contributed by atoms with Crippen LogP contribution in [0.3, 0.4) is 0 Å². The molecule has 3 rings (SSSR count). The van der Waals surface area contributed by atoms with E-state index in [0.717, 1.165) is 49.1 Å². The van der Waals surface area contributed by atoms with Crippen LogP contribution in [-0.4, -0.2) is 19.6 Å². The molecule has 5 heteroatoms. The maximum absolute atomic E-state index is 13.8. The van der Waals surface area contributed by atoms with Gasteiger partial charge in [0.2, 0.25) is 0 Å². The van der Waals surface area contributed by atoms with Crippen molar-refractivity contribution in [3.05, 3.63) is 65.2 Å². The van der Waals surface area contributed by atoms with E-state index in [1.165, 1.54) is 6.07 Å². The monoisotopic (exact) mass is 345 g/mol. The van der Waals surface area contributed by atoms with Gasteiger partial charge < -0.3 is 10.1 Å². The van der Waals surface area contributed by atoms with Crippen LogP contribution in [-0.2, 0) is 5.41 Å². The zero-order chi connectivity index (χ0) is 17.9. The SMILES string of the molecule is COc1ccc(C2(CNC(=O)c3ccc(F)cc3F)CCCC2)cc1. The van der Waals surface area contributed by atoms with Gasteiger partial charge in [0.25, 0.3) is 5.91 Å². The van der Waals surface area contributed by atoms with Crippen LogP contribution in [0.15, 0.2) is 42.5 Å². The quantitative estimate of drug-likeness (QED) is 0.881. The van der Waals surface area contributed by atoms with Crippen LogP contribution < -0.4 is 10.1 Å². The largest absolute Gasteiger partial charge is 0.497 e. The van der Waals surface area contributed by atoms with Crippen molar-refractivity contribution in [2.24, 2.45) is 0 Å². The summed E-state index contributed by atoms with van der Waals surface area (Å²) in [5.41, 5.74) is 0.855. The smallest absolute Gasteiger partial charge is 0.254 e. The lowest BCUT2D eigenvalue weighted by molar-refractivity contribution is 0.0939. The summed E-state index contributed by atoms with van der Waals surface area (Å²) in [5.74, 6) is -1.27. The number of carbonyl (C=O) groups is 1. The van der Waals surface area contributed by atoms with Crippen molar-refractivity contribution in [3.8, 4) is 5.75 Å². The molecule has 1 fully saturated rings. The van der Waals surface area contributed by atoms with Gasteiger partial charge in [0.05, 0.1) is 12.7 Å². The summed E-state index contributed by atoms with van der Waals surface area (Å²) in [6.07, 6.45) is 4.11. The van der Waals surface area contributed by atoms with E-state index in [0.29, 0.717) is 6.54 Å². The van der Waals surface area contributed by atoms with E-state index in [2.05, 4.69) is 5.32 Å². The minimum atomic E-state index is -0.845. The number of rotatable bonds is 5. The maximum Gasteiger partial charge on any atom is 0.254 e. The van der Waals surface area contributed by atoms with Crippen LogP contribution in [0.5, 0.6) is 5.75 Å². The molecule has 25 heavy (non-hydrogen) atoms. The van der Waals surface area contributed by atoms with Crippen molar-refractivity contribution in [3.63, 3.8) is 0 Å². The van der Waals surface area contributed by atoms with Gasteiger partial charge in [0.15, 0.2) is 0 Å². The molecule has 1 aliphatic carbocycles. The lowest BCUT2D eigenvalue weighted by atomic mass is 9.78. The number of methoxy groups -OCH3 is 1. The van der Waals surface area contributed by atoms with Crippen LogP contribution in [0.4, 0.5) is 8.78 Å². The second kappa shape index (κ2) is 7.21. The summed E-state index contributed by atoms with van der Waals surface area (Å²) in [6.45, 7) is 0.426. The van der Waals surface area contributed by atoms with Crippen molar-refractivity contribution < 1.29 is 18.3 Å². The van der Waals surface area contributed by atoms with E-state index in [1.54, 1.807) is 7.11 Å². The van der Waals surface area contributed by atoms with Crippen molar-refractivity contribution in [2.45, 2.75) is 31.1 Å². The molecule has 1 N–H and O–H groups in total. The Kier molecular flexibility index (Phi) is 5.02. The predicted octanol–water partition coefficient (Wildman–Crippen LogP) is 4.22. The molecule has 0 saturated heterocycles. The average molecular weight is 345 g/mol. The standard InChI is InChI=1S/C20H21F2NO2/c1-25-16-7-4-14(5-8-16)20(10-2-3-11-20)13-23-19(24)17-9-6-15(21)12-18(17)22/h4-9,12H,2-3,10-11,13H2,1H3,(H,23,24). The van der Waals surface area contributed by atoms with Crippen LogP contribution in [0, 0.1) is 11.6 Å². The maximum atomic E-state index is 13.8. The molecule has 1 aliphatic rings. The fourth-order valence-electron chi connectivity index (χ4n) is 3.58. The minimum absolute atomic E-state index is 0.135. The van der Waals surface area contributed by atoms with Gasteiger partial charge in [-0.2, -0.15) is 0 Å². The summed E-state index contributed by atoms with van der Waals surface area (Å²) >= 11 is 0. The van der Waals surface area contributed by atoms with Crippen molar-refractivity contribution in [1.82, 2.24) is 5.32 Å². The number of hydrogen-bond donors (Lipinski definition) is 1. The Morgan fingerprint density at radius 3 is 2.40 bits per heavy atom. The van der Waals surface area contributed by atoms with E-state index >= 15 is 0 Å². The van der Waals surface area contributed by atoms with E-state index in [1.807, 2.05) is 24.3 Å². The Morgan fingerprint density at radius 1 is 1.12 bits per heavy atom. The molecule has 0 radical (unpaired) electrons. The second-order valence-electron chi connectivity index (χ2n) is 6.52. The number of benzene rings is 2. The minimum Gasteiger partial charge on any atom is -0.497 e. The Balaban J connectivity index is 1.76. The van der Waals surface area contributed by atoms with Gasteiger partial charge >= 0.3 is 0 Å². The molecule has 0 aliphatic heterocycles. The topological polar surface area (TPSA) is 38.3 Å². The van der Waals surface area contributed by atoms with Gasteiger partial charge in [-0.05, 0) is 42.7 Å². The lowest BCUT2D eigenvalue weighted by Gasteiger charge is -2.30. The summed E-state index contributed by atoms with van der Waals surface area (Å²) in [6, 6.07) is 10.9. The van der Waals surface area contributed by atoms with Crippen LogP contribution in [0.1, 0.15) is 41.6 Å².